The smallest absolute Gasteiger partial charge is 0.187 e. The molecule has 3 aliphatic rings. The van der Waals surface area contributed by atoms with Crippen LogP contribution in [0.2, 0.25) is 0 Å². The van der Waals surface area contributed by atoms with Crippen LogP contribution < -0.4 is 0 Å². The lowest BCUT2D eigenvalue weighted by molar-refractivity contribution is -0.362. The van der Waals surface area contributed by atoms with Gasteiger partial charge in [0.15, 0.2) is 18.9 Å². The summed E-state index contributed by atoms with van der Waals surface area (Å²) in [5, 5.41) is 109. The molecule has 200 valence electrons. The van der Waals surface area contributed by atoms with Crippen LogP contribution in [0.3, 0.4) is 0 Å². The van der Waals surface area contributed by atoms with Gasteiger partial charge in [0.2, 0.25) is 0 Å². The molecule has 0 aliphatic carbocycles. The molecule has 0 amide bonds. The zero-order valence-corrected chi connectivity index (χ0v) is 17.7. The van der Waals surface area contributed by atoms with Crippen molar-refractivity contribution in [2.75, 3.05) is 19.8 Å². The van der Waals surface area contributed by atoms with E-state index in [0.29, 0.717) is 0 Å². The van der Waals surface area contributed by atoms with Crippen molar-refractivity contribution in [3.63, 3.8) is 0 Å². The average Bonchev–Trinajstić information content (AvgIpc) is 2.82. The van der Waals surface area contributed by atoms with Crippen molar-refractivity contribution in [3.05, 3.63) is 0 Å². The first-order chi connectivity index (χ1) is 16.0. The number of hydrogen-bond acceptors (Lipinski definition) is 16. The molecule has 0 saturated carbocycles. The molecule has 0 spiro atoms. The van der Waals surface area contributed by atoms with Gasteiger partial charge in [-0.2, -0.15) is 0 Å². The fourth-order valence-electron chi connectivity index (χ4n) is 3.94. The Kier molecular flexibility index (Phi) is 9.54. The highest BCUT2D eigenvalue weighted by Gasteiger charge is 2.51. The lowest BCUT2D eigenvalue weighted by Crippen LogP contribution is -2.65. The molecule has 15 atom stereocenters. The van der Waals surface area contributed by atoms with Crippen molar-refractivity contribution < 1.29 is 79.9 Å². The highest BCUT2D eigenvalue weighted by Crippen LogP contribution is 2.29. The summed E-state index contributed by atoms with van der Waals surface area (Å²) in [6, 6.07) is 0. The zero-order chi connectivity index (χ0) is 25.3. The van der Waals surface area contributed by atoms with E-state index in [1.165, 1.54) is 0 Å². The van der Waals surface area contributed by atoms with Crippen LogP contribution in [0.15, 0.2) is 0 Å². The first kappa shape index (κ1) is 27.9. The molecule has 0 aromatic heterocycles. The molecular weight excluding hydrogens is 472 g/mol. The van der Waals surface area contributed by atoms with Crippen LogP contribution in [0.25, 0.3) is 0 Å². The van der Waals surface area contributed by atoms with E-state index in [9.17, 15) is 56.2 Å². The molecule has 11 N–H and O–H groups in total. The quantitative estimate of drug-likeness (QED) is 0.154. The molecule has 0 radical (unpaired) electrons. The van der Waals surface area contributed by atoms with E-state index < -0.39 is 112 Å². The zero-order valence-electron chi connectivity index (χ0n) is 17.7. The van der Waals surface area contributed by atoms with Crippen LogP contribution in [0.1, 0.15) is 0 Å². The fraction of sp³-hybridized carbons (Fsp3) is 1.00. The Morgan fingerprint density at radius 2 is 1.00 bits per heavy atom. The minimum absolute atomic E-state index is 0.617. The maximum atomic E-state index is 10.3. The summed E-state index contributed by atoms with van der Waals surface area (Å²) in [6.07, 6.45) is -25.0. The van der Waals surface area contributed by atoms with E-state index in [-0.39, 0.29) is 0 Å². The monoisotopic (exact) mass is 504 g/mol. The number of ether oxygens (including phenoxy) is 5. The molecule has 0 bridgehead atoms. The minimum atomic E-state index is -1.88. The normalized spacial score (nSPS) is 52.5. The Balaban J connectivity index is 1.66. The maximum Gasteiger partial charge on any atom is 0.187 e. The van der Waals surface area contributed by atoms with Crippen molar-refractivity contribution >= 4 is 0 Å². The maximum absolute atomic E-state index is 10.3. The topological polar surface area (TPSA) is 269 Å². The van der Waals surface area contributed by atoms with E-state index >= 15 is 0 Å². The number of hydrogen-bond donors (Lipinski definition) is 11. The third kappa shape index (κ3) is 5.52. The standard InChI is InChI=1S/C18H32O16/c19-1-4-7(21)10(24)12(26)17(32-4)30-3-6-8(22)11(25)13(27)18(33-6)34-15-9(23)5(2-20)31-16(29)14(15)28/h4-29H,1-3H2/t4-,5-,6-,7+,8+,9+,10+,11+,12-,13-,14-,15+,16+,17+,18-/m1/s1. The van der Waals surface area contributed by atoms with Crippen LogP contribution in [0.5, 0.6) is 0 Å². The van der Waals surface area contributed by atoms with Gasteiger partial charge in [0.1, 0.15) is 73.2 Å². The van der Waals surface area contributed by atoms with Crippen molar-refractivity contribution in [2.24, 2.45) is 0 Å². The molecular formula is C18H32O16. The fourth-order valence-corrected chi connectivity index (χ4v) is 3.94. The summed E-state index contributed by atoms with van der Waals surface area (Å²) in [5.41, 5.74) is 0. The van der Waals surface area contributed by atoms with Crippen LogP contribution >= 0.6 is 0 Å². The molecule has 16 nitrogen and oxygen atoms in total. The van der Waals surface area contributed by atoms with Crippen molar-refractivity contribution in [2.45, 2.75) is 92.1 Å². The Morgan fingerprint density at radius 1 is 0.500 bits per heavy atom. The molecule has 16 heteroatoms. The largest absolute Gasteiger partial charge is 0.394 e. The molecule has 0 unspecified atom stereocenters. The van der Waals surface area contributed by atoms with Gasteiger partial charge in [-0.15, -0.1) is 0 Å². The molecule has 0 aromatic carbocycles. The van der Waals surface area contributed by atoms with Crippen molar-refractivity contribution in [1.29, 1.82) is 0 Å². The molecule has 3 saturated heterocycles. The molecule has 3 rings (SSSR count). The molecule has 0 aromatic rings. The number of aliphatic hydroxyl groups is 11. The van der Waals surface area contributed by atoms with Gasteiger partial charge in [0.25, 0.3) is 0 Å². The van der Waals surface area contributed by atoms with Crippen molar-refractivity contribution in [3.8, 4) is 0 Å². The lowest BCUT2D eigenvalue weighted by atomic mass is 9.97. The second-order valence-electron chi connectivity index (χ2n) is 8.37. The SMILES string of the molecule is OC[C@H]1O[C@H](OC[C@H]2O[C@H](O[C@@H]3[C@@H](O)[C@@H](O)O[C@H](CO)[C@@H]3O)[C@H](O)[C@@H](O)[C@H]2O)[C@H](O)[C@@H](O)[C@H]1O. The predicted octanol–water partition coefficient (Wildman–Crippen LogP) is -7.57. The third-order valence-corrected chi connectivity index (χ3v) is 6.07. The van der Waals surface area contributed by atoms with Crippen molar-refractivity contribution in [1.82, 2.24) is 0 Å². The number of aliphatic hydroxyl groups excluding tert-OH is 11. The predicted molar refractivity (Wildman–Crippen MR) is 101 cm³/mol. The second kappa shape index (κ2) is 11.6. The summed E-state index contributed by atoms with van der Waals surface area (Å²) in [5.74, 6) is 0. The first-order valence-corrected chi connectivity index (χ1v) is 10.6. The van der Waals surface area contributed by atoms with E-state index in [2.05, 4.69) is 0 Å². The average molecular weight is 504 g/mol. The van der Waals surface area contributed by atoms with Gasteiger partial charge in [-0.1, -0.05) is 0 Å². The van der Waals surface area contributed by atoms with Gasteiger partial charge in [0, 0.05) is 0 Å². The van der Waals surface area contributed by atoms with Crippen LogP contribution in [-0.4, -0.2) is 168 Å². The van der Waals surface area contributed by atoms with Crippen LogP contribution in [-0.2, 0) is 23.7 Å². The summed E-state index contributed by atoms with van der Waals surface area (Å²) < 4.78 is 26.1. The molecule has 3 fully saturated rings. The highest BCUT2D eigenvalue weighted by molar-refractivity contribution is 4.94. The van der Waals surface area contributed by atoms with E-state index in [0.717, 1.165) is 0 Å². The second-order valence-corrected chi connectivity index (χ2v) is 8.37. The Labute approximate surface area is 192 Å². The molecule has 34 heavy (non-hydrogen) atoms. The van der Waals surface area contributed by atoms with E-state index in [4.69, 9.17) is 23.7 Å². The number of rotatable bonds is 7. The van der Waals surface area contributed by atoms with Gasteiger partial charge in [0.05, 0.1) is 19.8 Å². The Hall–Kier alpha value is -0.640. The van der Waals surface area contributed by atoms with E-state index in [1.54, 1.807) is 0 Å². The Morgan fingerprint density at radius 3 is 1.59 bits per heavy atom. The first-order valence-electron chi connectivity index (χ1n) is 10.6. The van der Waals surface area contributed by atoms with Gasteiger partial charge < -0.3 is 79.9 Å². The van der Waals surface area contributed by atoms with Crippen LogP contribution in [0, 0.1) is 0 Å². The summed E-state index contributed by atoms with van der Waals surface area (Å²) in [7, 11) is 0. The lowest BCUT2D eigenvalue weighted by Gasteiger charge is -2.45. The third-order valence-electron chi connectivity index (χ3n) is 6.07. The summed E-state index contributed by atoms with van der Waals surface area (Å²) in [6.45, 7) is -2.06. The highest BCUT2D eigenvalue weighted by atomic mass is 16.7. The molecule has 3 heterocycles. The van der Waals surface area contributed by atoms with Crippen LogP contribution in [0.4, 0.5) is 0 Å². The Bertz CT molecular complexity index is 639. The van der Waals surface area contributed by atoms with Gasteiger partial charge in [-0.05, 0) is 0 Å². The summed E-state index contributed by atoms with van der Waals surface area (Å²) >= 11 is 0. The minimum Gasteiger partial charge on any atom is -0.394 e. The van der Waals surface area contributed by atoms with Gasteiger partial charge >= 0.3 is 0 Å². The van der Waals surface area contributed by atoms with Gasteiger partial charge in [-0.3, -0.25) is 0 Å². The summed E-state index contributed by atoms with van der Waals surface area (Å²) in [4.78, 5) is 0. The van der Waals surface area contributed by atoms with Gasteiger partial charge in [-0.25, -0.2) is 0 Å². The van der Waals surface area contributed by atoms with E-state index in [1.807, 2.05) is 0 Å². The molecule has 3 aliphatic heterocycles.